The highest BCUT2D eigenvalue weighted by atomic mass is 16.5. The van der Waals surface area contributed by atoms with Crippen LogP contribution in [0.3, 0.4) is 0 Å². The van der Waals surface area contributed by atoms with Gasteiger partial charge in [0.05, 0.1) is 19.8 Å². The number of carbonyl (C=O) groups is 2. The fourth-order valence-electron chi connectivity index (χ4n) is 4.33. The van der Waals surface area contributed by atoms with Crippen LogP contribution in [0.4, 0.5) is 0 Å². The lowest BCUT2D eigenvalue weighted by Crippen LogP contribution is -2.56. The van der Waals surface area contributed by atoms with Crippen LogP contribution in [0, 0.1) is 0 Å². The van der Waals surface area contributed by atoms with Crippen molar-refractivity contribution in [2.24, 2.45) is 0 Å². The van der Waals surface area contributed by atoms with Gasteiger partial charge in [-0.3, -0.25) is 9.59 Å². The Labute approximate surface area is 187 Å². The van der Waals surface area contributed by atoms with E-state index in [0.29, 0.717) is 48.9 Å². The minimum Gasteiger partial charge on any atom is -0.497 e. The third-order valence-electron chi connectivity index (χ3n) is 6.27. The predicted octanol–water partition coefficient (Wildman–Crippen LogP) is 2.13. The molecule has 0 saturated carbocycles. The normalized spacial score (nSPS) is 19.7. The lowest BCUT2D eigenvalue weighted by molar-refractivity contribution is -0.138. The van der Waals surface area contributed by atoms with Gasteiger partial charge in [-0.1, -0.05) is 5.16 Å². The van der Waals surface area contributed by atoms with Crippen molar-refractivity contribution >= 4 is 11.8 Å². The molecule has 4 rings (SSSR count). The number of amides is 2. The molecule has 0 spiro atoms. The Bertz CT molecular complexity index is 967. The summed E-state index contributed by atoms with van der Waals surface area (Å²) < 4.78 is 16.2. The van der Waals surface area contributed by atoms with E-state index >= 15 is 0 Å². The molecule has 1 atom stereocenters. The quantitative estimate of drug-likeness (QED) is 0.701. The Morgan fingerprint density at radius 3 is 2.53 bits per heavy atom. The van der Waals surface area contributed by atoms with E-state index in [4.69, 9.17) is 14.0 Å². The maximum Gasteiger partial charge on any atom is 0.276 e. The first-order valence-electron chi connectivity index (χ1n) is 11.0. The molecule has 2 amide bonds. The molecule has 9 heteroatoms. The van der Waals surface area contributed by atoms with Gasteiger partial charge in [-0.05, 0) is 44.5 Å². The van der Waals surface area contributed by atoms with Gasteiger partial charge in [-0.25, -0.2) is 0 Å². The van der Waals surface area contributed by atoms with E-state index in [-0.39, 0.29) is 17.5 Å². The minimum atomic E-state index is -0.453. The Morgan fingerprint density at radius 1 is 1.03 bits per heavy atom. The molecule has 9 nitrogen and oxygen atoms in total. The monoisotopic (exact) mass is 442 g/mol. The highest BCUT2D eigenvalue weighted by Gasteiger charge is 2.37. The van der Waals surface area contributed by atoms with Gasteiger partial charge in [0.15, 0.2) is 11.5 Å². The molecule has 32 heavy (non-hydrogen) atoms. The van der Waals surface area contributed by atoms with Crippen molar-refractivity contribution in [3.63, 3.8) is 0 Å². The lowest BCUT2D eigenvalue weighted by Gasteiger charge is -2.39. The highest BCUT2D eigenvalue weighted by molar-refractivity contribution is 5.97. The van der Waals surface area contributed by atoms with Gasteiger partial charge >= 0.3 is 0 Å². The number of likely N-dealkylation sites (tertiary alicyclic amines) is 1. The third kappa shape index (κ3) is 4.43. The van der Waals surface area contributed by atoms with Crippen LogP contribution in [-0.4, -0.2) is 91.7 Å². The number of nitrogens with zero attached hydrogens (tertiary/aromatic N) is 4. The first kappa shape index (κ1) is 22.1. The molecule has 0 bridgehead atoms. The van der Waals surface area contributed by atoms with Crippen molar-refractivity contribution in [2.75, 3.05) is 54.0 Å². The third-order valence-corrected chi connectivity index (χ3v) is 6.27. The van der Waals surface area contributed by atoms with Gasteiger partial charge in [0.1, 0.15) is 17.5 Å². The zero-order valence-electron chi connectivity index (χ0n) is 18.9. The summed E-state index contributed by atoms with van der Waals surface area (Å²) >= 11 is 0. The number of likely N-dealkylation sites (N-methyl/N-ethyl adjacent to an activating group) is 1. The Balaban J connectivity index is 1.55. The number of aromatic nitrogens is 1. The molecule has 0 aliphatic carbocycles. The van der Waals surface area contributed by atoms with E-state index in [1.165, 1.54) is 0 Å². The molecule has 2 aromatic rings. The zero-order chi connectivity index (χ0) is 22.7. The van der Waals surface area contributed by atoms with E-state index in [9.17, 15) is 9.59 Å². The van der Waals surface area contributed by atoms with E-state index in [2.05, 4.69) is 17.1 Å². The van der Waals surface area contributed by atoms with Crippen LogP contribution in [0.2, 0.25) is 0 Å². The molecular formula is C23H30N4O5. The second kappa shape index (κ2) is 9.60. The second-order valence-electron chi connectivity index (χ2n) is 8.28. The van der Waals surface area contributed by atoms with Crippen LogP contribution in [-0.2, 0) is 4.79 Å². The fourth-order valence-corrected chi connectivity index (χ4v) is 4.33. The smallest absolute Gasteiger partial charge is 0.276 e. The number of piperazine rings is 1. The SMILES string of the molecule is COc1ccc(OC)c(-c2cc(C(=O)N3CCCCC3C(=O)N3CCN(C)CC3)no2)c1. The van der Waals surface area contributed by atoms with Crippen molar-refractivity contribution in [3.05, 3.63) is 30.0 Å². The molecule has 2 aliphatic heterocycles. The standard InChI is InChI=1S/C23H30N4O5/c1-25-10-12-26(13-11-25)23(29)19-6-4-5-9-27(19)22(28)18-15-21(32-24-18)17-14-16(30-2)7-8-20(17)31-3/h7-8,14-15,19H,4-6,9-13H2,1-3H3. The predicted molar refractivity (Wildman–Crippen MR) is 118 cm³/mol. The largest absolute Gasteiger partial charge is 0.497 e. The zero-order valence-corrected chi connectivity index (χ0v) is 18.9. The Kier molecular flexibility index (Phi) is 6.64. The Morgan fingerprint density at radius 2 is 1.81 bits per heavy atom. The van der Waals surface area contributed by atoms with Gasteiger partial charge in [-0.2, -0.15) is 0 Å². The van der Waals surface area contributed by atoms with E-state index in [0.717, 1.165) is 25.9 Å². The highest BCUT2D eigenvalue weighted by Crippen LogP contribution is 2.34. The molecule has 2 aliphatic rings. The molecule has 0 radical (unpaired) electrons. The van der Waals surface area contributed by atoms with Gasteiger partial charge in [-0.15, -0.1) is 0 Å². The summed E-state index contributed by atoms with van der Waals surface area (Å²) in [5.74, 6) is 1.38. The number of benzene rings is 1. The molecule has 172 valence electrons. The summed E-state index contributed by atoms with van der Waals surface area (Å²) in [6, 6.07) is 6.48. The maximum atomic E-state index is 13.3. The number of ether oxygens (including phenoxy) is 2. The molecule has 1 unspecified atom stereocenters. The van der Waals surface area contributed by atoms with Gasteiger partial charge in [0, 0.05) is 38.8 Å². The van der Waals surface area contributed by atoms with E-state index in [1.807, 2.05) is 4.90 Å². The molecular weight excluding hydrogens is 412 g/mol. The average Bonchev–Trinajstić information content (AvgIpc) is 3.33. The van der Waals surface area contributed by atoms with Crippen molar-refractivity contribution in [2.45, 2.75) is 25.3 Å². The minimum absolute atomic E-state index is 0.0318. The van der Waals surface area contributed by atoms with Gasteiger partial charge < -0.3 is 28.7 Å². The second-order valence-corrected chi connectivity index (χ2v) is 8.28. The average molecular weight is 443 g/mol. The molecule has 0 N–H and O–H groups in total. The summed E-state index contributed by atoms with van der Waals surface area (Å²) in [5, 5.41) is 4.02. The molecule has 1 aromatic carbocycles. The number of rotatable bonds is 5. The van der Waals surface area contributed by atoms with Crippen molar-refractivity contribution in [1.29, 1.82) is 0 Å². The summed E-state index contributed by atoms with van der Waals surface area (Å²) in [6.45, 7) is 3.62. The summed E-state index contributed by atoms with van der Waals surface area (Å²) in [7, 11) is 5.20. The van der Waals surface area contributed by atoms with Crippen molar-refractivity contribution < 1.29 is 23.6 Å². The lowest BCUT2D eigenvalue weighted by atomic mass is 9.99. The number of piperidine rings is 1. The fraction of sp³-hybridized carbons (Fsp3) is 0.522. The maximum absolute atomic E-state index is 13.3. The summed E-state index contributed by atoms with van der Waals surface area (Å²) in [6.07, 6.45) is 2.47. The number of methoxy groups -OCH3 is 2. The van der Waals surface area contributed by atoms with E-state index < -0.39 is 6.04 Å². The Hall–Kier alpha value is -3.07. The molecule has 2 saturated heterocycles. The van der Waals surface area contributed by atoms with Crippen LogP contribution in [0.25, 0.3) is 11.3 Å². The van der Waals surface area contributed by atoms with Crippen LogP contribution in [0.1, 0.15) is 29.8 Å². The molecule has 2 fully saturated rings. The summed E-state index contributed by atoms with van der Waals surface area (Å²) in [4.78, 5) is 32.3. The van der Waals surface area contributed by atoms with Crippen LogP contribution >= 0.6 is 0 Å². The molecule has 1 aromatic heterocycles. The molecule has 3 heterocycles. The van der Waals surface area contributed by atoms with Crippen molar-refractivity contribution in [3.8, 4) is 22.8 Å². The number of carbonyl (C=O) groups excluding carboxylic acids is 2. The number of hydrogen-bond acceptors (Lipinski definition) is 7. The summed E-state index contributed by atoms with van der Waals surface area (Å²) in [5.41, 5.74) is 0.824. The topological polar surface area (TPSA) is 88.4 Å². The van der Waals surface area contributed by atoms with Crippen molar-refractivity contribution in [1.82, 2.24) is 19.9 Å². The van der Waals surface area contributed by atoms with E-state index in [1.54, 1.807) is 43.4 Å². The van der Waals surface area contributed by atoms with Gasteiger partial charge in [0.25, 0.3) is 5.91 Å². The van der Waals surface area contributed by atoms with Crippen LogP contribution in [0.15, 0.2) is 28.8 Å². The van der Waals surface area contributed by atoms with Crippen LogP contribution < -0.4 is 9.47 Å². The van der Waals surface area contributed by atoms with Gasteiger partial charge in [0.2, 0.25) is 5.91 Å². The first-order valence-corrected chi connectivity index (χ1v) is 11.0. The first-order chi connectivity index (χ1) is 15.5. The number of hydrogen-bond donors (Lipinski definition) is 0. The van der Waals surface area contributed by atoms with Crippen LogP contribution in [0.5, 0.6) is 11.5 Å².